The Balaban J connectivity index is 1.23. The SMILES string of the molecule is CC1(C)OC(=O)C=C[C@]23O[C@H]2C2=C(CC[C@@H]13)[C@]1(C)CC[C@H]([C@@H]3C[C@@H]4C[C@H]3OC(=O)[C@]4(C)O)[C@@]1(C)CC2. The highest BCUT2D eigenvalue weighted by Crippen LogP contribution is 2.72. The zero-order valence-corrected chi connectivity index (χ0v) is 22.3. The lowest BCUT2D eigenvalue weighted by atomic mass is 9.52. The number of carbonyl (C=O) groups excluding carboxylic acids is 2. The molecule has 10 atom stereocenters. The third-order valence-electron chi connectivity index (χ3n) is 12.4. The molecule has 0 aromatic heterocycles. The lowest BCUT2D eigenvalue weighted by Crippen LogP contribution is -2.48. The van der Waals surface area contributed by atoms with Crippen LogP contribution in [0.2, 0.25) is 0 Å². The largest absolute Gasteiger partial charge is 0.460 e. The maximum atomic E-state index is 12.5. The van der Waals surface area contributed by atoms with E-state index in [1.807, 2.05) is 19.9 Å². The molecule has 7 aliphatic rings. The van der Waals surface area contributed by atoms with Gasteiger partial charge in [0, 0.05) is 17.9 Å². The van der Waals surface area contributed by atoms with Crippen LogP contribution in [0.5, 0.6) is 0 Å². The molecular formula is C30H40O6. The number of rotatable bonds is 1. The topological polar surface area (TPSA) is 85.4 Å². The normalized spacial score (nSPS) is 54.4. The van der Waals surface area contributed by atoms with E-state index in [2.05, 4.69) is 13.8 Å². The number of hydrogen-bond donors (Lipinski definition) is 1. The molecule has 0 aromatic rings. The predicted molar refractivity (Wildman–Crippen MR) is 132 cm³/mol. The molecule has 3 aliphatic heterocycles. The second kappa shape index (κ2) is 6.85. The number of aliphatic hydroxyl groups is 1. The van der Waals surface area contributed by atoms with Crippen molar-refractivity contribution in [2.75, 3.05) is 0 Å². The molecule has 1 spiro atoms. The second-order valence-corrected chi connectivity index (χ2v) is 14.1. The average Bonchev–Trinajstić information content (AvgIpc) is 3.33. The Hall–Kier alpha value is -1.66. The monoisotopic (exact) mass is 496 g/mol. The fourth-order valence-electron chi connectivity index (χ4n) is 10.2. The molecule has 0 unspecified atom stereocenters. The number of allylic oxidation sites excluding steroid dienone is 1. The van der Waals surface area contributed by atoms with Crippen LogP contribution in [0.3, 0.4) is 0 Å². The summed E-state index contributed by atoms with van der Waals surface area (Å²) in [6.07, 6.45) is 11.6. The van der Waals surface area contributed by atoms with Crippen molar-refractivity contribution in [3.63, 3.8) is 0 Å². The van der Waals surface area contributed by atoms with E-state index in [9.17, 15) is 14.7 Å². The molecule has 0 amide bonds. The fourth-order valence-corrected chi connectivity index (χ4v) is 10.2. The van der Waals surface area contributed by atoms with Gasteiger partial charge in [-0.05, 0) is 106 Å². The number of carbonyl (C=O) groups is 2. The smallest absolute Gasteiger partial charge is 0.338 e. The Morgan fingerprint density at radius 2 is 1.78 bits per heavy atom. The van der Waals surface area contributed by atoms with Crippen molar-refractivity contribution < 1.29 is 28.9 Å². The molecule has 3 heterocycles. The summed E-state index contributed by atoms with van der Waals surface area (Å²) in [7, 11) is 0. The van der Waals surface area contributed by atoms with E-state index in [0.29, 0.717) is 11.8 Å². The van der Waals surface area contributed by atoms with Gasteiger partial charge in [-0.2, -0.15) is 0 Å². The summed E-state index contributed by atoms with van der Waals surface area (Å²) in [6, 6.07) is 0. The first-order chi connectivity index (χ1) is 16.8. The maximum Gasteiger partial charge on any atom is 0.338 e. The number of ether oxygens (including phenoxy) is 3. The van der Waals surface area contributed by atoms with Crippen molar-refractivity contribution in [3.05, 3.63) is 23.3 Å². The van der Waals surface area contributed by atoms with Gasteiger partial charge in [0.25, 0.3) is 0 Å². The lowest BCUT2D eigenvalue weighted by Gasteiger charge is -2.52. The predicted octanol–water partition coefficient (Wildman–Crippen LogP) is 4.64. The van der Waals surface area contributed by atoms with Crippen LogP contribution in [0.25, 0.3) is 0 Å². The Bertz CT molecular complexity index is 1120. The molecule has 1 N–H and O–H groups in total. The molecule has 2 bridgehead atoms. The van der Waals surface area contributed by atoms with Gasteiger partial charge in [-0.15, -0.1) is 0 Å². The van der Waals surface area contributed by atoms with Crippen molar-refractivity contribution in [2.24, 2.45) is 34.5 Å². The van der Waals surface area contributed by atoms with Crippen LogP contribution >= 0.6 is 0 Å². The summed E-state index contributed by atoms with van der Waals surface area (Å²) in [5.41, 5.74) is 0.926. The molecule has 7 rings (SSSR count). The molecule has 6 nitrogen and oxygen atoms in total. The zero-order chi connectivity index (χ0) is 25.5. The molecule has 4 aliphatic carbocycles. The van der Waals surface area contributed by atoms with Crippen LogP contribution in [0.15, 0.2) is 23.3 Å². The average molecular weight is 497 g/mol. The van der Waals surface area contributed by atoms with E-state index in [0.717, 1.165) is 51.4 Å². The molecule has 196 valence electrons. The number of epoxide rings is 1. The van der Waals surface area contributed by atoms with Crippen LogP contribution < -0.4 is 0 Å². The quantitative estimate of drug-likeness (QED) is 0.323. The maximum absolute atomic E-state index is 12.5. The number of cyclic esters (lactones) is 1. The number of fused-ring (bicyclic) bond motifs is 5. The van der Waals surface area contributed by atoms with Gasteiger partial charge in [0.1, 0.15) is 23.4 Å². The molecule has 0 radical (unpaired) electrons. The Labute approximate surface area is 213 Å². The summed E-state index contributed by atoms with van der Waals surface area (Å²) in [5.74, 6) is 0.238. The van der Waals surface area contributed by atoms with Gasteiger partial charge in [0.05, 0.1) is 0 Å². The molecular weight excluding hydrogens is 456 g/mol. The molecule has 4 fully saturated rings. The Kier molecular flexibility index (Phi) is 4.46. The first-order valence-electron chi connectivity index (χ1n) is 14.1. The summed E-state index contributed by atoms with van der Waals surface area (Å²) in [4.78, 5) is 24.8. The Morgan fingerprint density at radius 1 is 1.00 bits per heavy atom. The van der Waals surface area contributed by atoms with Crippen molar-refractivity contribution in [2.45, 2.75) is 115 Å². The van der Waals surface area contributed by atoms with E-state index in [-0.39, 0.29) is 40.8 Å². The van der Waals surface area contributed by atoms with Crippen LogP contribution in [-0.4, -0.2) is 46.1 Å². The highest BCUT2D eigenvalue weighted by Gasteiger charge is 2.71. The number of esters is 2. The van der Waals surface area contributed by atoms with Gasteiger partial charge in [-0.3, -0.25) is 0 Å². The summed E-state index contributed by atoms with van der Waals surface area (Å²) < 4.78 is 18.3. The van der Waals surface area contributed by atoms with Crippen LogP contribution in [0.1, 0.15) is 86.0 Å². The van der Waals surface area contributed by atoms with Crippen molar-refractivity contribution >= 4 is 11.9 Å². The first-order valence-corrected chi connectivity index (χ1v) is 14.1. The second-order valence-electron chi connectivity index (χ2n) is 14.1. The summed E-state index contributed by atoms with van der Waals surface area (Å²) >= 11 is 0. The van der Waals surface area contributed by atoms with Crippen molar-refractivity contribution in [3.8, 4) is 0 Å². The molecule has 0 aromatic carbocycles. The van der Waals surface area contributed by atoms with Crippen molar-refractivity contribution in [1.82, 2.24) is 0 Å². The van der Waals surface area contributed by atoms with E-state index >= 15 is 0 Å². The van der Waals surface area contributed by atoms with Gasteiger partial charge in [0.2, 0.25) is 0 Å². The summed E-state index contributed by atoms with van der Waals surface area (Å²) in [6.45, 7) is 10.7. The lowest BCUT2D eigenvalue weighted by molar-refractivity contribution is -0.184. The van der Waals surface area contributed by atoms with Gasteiger partial charge in [0.15, 0.2) is 5.60 Å². The standard InChI is InChI=1S/C30H40O6/c1-26(2)22-7-6-19-17(24-30(22,36-24)13-10-23(31)35-26)8-11-27(3)20(9-12-28(19,27)4)18-14-16-15-21(18)34-25(32)29(16,5)33/h10,13,16,18,20-22,24,33H,6-9,11-12,14-15H2,1-5H3/t16-,18+,20-,21-,22+,24+,27-,28+,29-,30-/m1/s1. The Morgan fingerprint density at radius 3 is 2.56 bits per heavy atom. The summed E-state index contributed by atoms with van der Waals surface area (Å²) in [5, 5.41) is 10.8. The molecule has 2 saturated carbocycles. The zero-order valence-electron chi connectivity index (χ0n) is 22.3. The first kappa shape index (κ1) is 23.5. The van der Waals surface area contributed by atoms with E-state index in [1.165, 1.54) is 5.57 Å². The third-order valence-corrected chi connectivity index (χ3v) is 12.4. The van der Waals surface area contributed by atoms with Crippen LogP contribution in [0, 0.1) is 34.5 Å². The minimum Gasteiger partial charge on any atom is -0.460 e. The van der Waals surface area contributed by atoms with E-state index in [4.69, 9.17) is 14.2 Å². The third kappa shape index (κ3) is 2.71. The highest BCUT2D eigenvalue weighted by molar-refractivity contribution is 5.83. The fraction of sp³-hybridized carbons (Fsp3) is 0.800. The minimum absolute atomic E-state index is 0.00367. The van der Waals surface area contributed by atoms with E-state index in [1.54, 1.807) is 18.6 Å². The van der Waals surface area contributed by atoms with Crippen molar-refractivity contribution in [1.29, 1.82) is 0 Å². The van der Waals surface area contributed by atoms with Crippen LogP contribution in [0.4, 0.5) is 0 Å². The highest BCUT2D eigenvalue weighted by atomic mass is 16.6. The molecule has 36 heavy (non-hydrogen) atoms. The van der Waals surface area contributed by atoms with Crippen LogP contribution in [-0.2, 0) is 23.8 Å². The minimum atomic E-state index is -1.35. The van der Waals surface area contributed by atoms with E-state index < -0.39 is 22.8 Å². The van der Waals surface area contributed by atoms with Gasteiger partial charge < -0.3 is 19.3 Å². The van der Waals surface area contributed by atoms with Gasteiger partial charge in [-0.1, -0.05) is 19.4 Å². The molecule has 6 heteroatoms. The molecule has 2 saturated heterocycles. The number of hydrogen-bond acceptors (Lipinski definition) is 6. The van der Waals surface area contributed by atoms with Gasteiger partial charge >= 0.3 is 11.9 Å². The van der Waals surface area contributed by atoms with Gasteiger partial charge in [-0.25, -0.2) is 9.59 Å².